The van der Waals surface area contributed by atoms with Gasteiger partial charge in [-0.3, -0.25) is 15.0 Å². The maximum Gasteiger partial charge on any atom is 0.325 e. The molecule has 8 heteroatoms. The number of nitrogens with zero attached hydrogens (tertiary/aromatic N) is 4. The summed E-state index contributed by atoms with van der Waals surface area (Å²) in [5.74, 6) is 0. The number of morpholine rings is 1. The van der Waals surface area contributed by atoms with Crippen LogP contribution in [0.15, 0.2) is 6.20 Å². The van der Waals surface area contributed by atoms with Crippen LogP contribution < -0.4 is 0 Å². The third-order valence-electron chi connectivity index (χ3n) is 4.20. The van der Waals surface area contributed by atoms with Crippen LogP contribution in [-0.2, 0) is 4.74 Å². The lowest BCUT2D eigenvalue weighted by atomic mass is 10.2. The van der Waals surface area contributed by atoms with Crippen LogP contribution in [0.3, 0.4) is 0 Å². The van der Waals surface area contributed by atoms with Gasteiger partial charge in [0.1, 0.15) is 6.20 Å². The minimum Gasteiger partial charge on any atom is -0.379 e. The van der Waals surface area contributed by atoms with E-state index in [0.29, 0.717) is 6.04 Å². The van der Waals surface area contributed by atoms with E-state index >= 15 is 0 Å². The first-order valence-electron chi connectivity index (χ1n) is 6.86. The Bertz CT molecular complexity index is 501. The highest BCUT2D eigenvalue weighted by atomic mass is 35.5. The van der Waals surface area contributed by atoms with Gasteiger partial charge in [0.15, 0.2) is 0 Å². The molecular weight excluding hydrogens is 284 g/mol. The van der Waals surface area contributed by atoms with Crippen LogP contribution in [0.2, 0.25) is 5.15 Å². The lowest BCUT2D eigenvalue weighted by molar-refractivity contribution is -0.384. The van der Waals surface area contributed by atoms with Crippen LogP contribution in [0.25, 0.3) is 0 Å². The average molecular weight is 301 g/mol. The second kappa shape index (κ2) is 5.67. The Morgan fingerprint density at radius 1 is 1.35 bits per heavy atom. The zero-order chi connectivity index (χ0) is 14.1. The van der Waals surface area contributed by atoms with Crippen molar-refractivity contribution in [1.82, 2.24) is 14.7 Å². The number of aromatic nitrogens is 2. The van der Waals surface area contributed by atoms with Gasteiger partial charge in [-0.25, -0.2) is 4.68 Å². The van der Waals surface area contributed by atoms with Gasteiger partial charge in [0.05, 0.1) is 24.2 Å². The highest BCUT2D eigenvalue weighted by molar-refractivity contribution is 6.31. The SMILES string of the molecule is O=[N+]([O-])c1cnn(C2CCC(N3CCOCC3)C2)c1Cl. The molecule has 7 nitrogen and oxygen atoms in total. The predicted octanol–water partition coefficient (Wildman–Crippen LogP) is 1.87. The van der Waals surface area contributed by atoms with Crippen LogP contribution in [0, 0.1) is 10.1 Å². The molecule has 20 heavy (non-hydrogen) atoms. The van der Waals surface area contributed by atoms with Crippen molar-refractivity contribution in [2.24, 2.45) is 0 Å². The molecule has 0 radical (unpaired) electrons. The first kappa shape index (κ1) is 13.8. The van der Waals surface area contributed by atoms with Gasteiger partial charge in [-0.2, -0.15) is 5.10 Å². The van der Waals surface area contributed by atoms with Crippen molar-refractivity contribution in [2.75, 3.05) is 26.3 Å². The third-order valence-corrected chi connectivity index (χ3v) is 4.57. The number of halogens is 1. The summed E-state index contributed by atoms with van der Waals surface area (Å²) >= 11 is 6.06. The van der Waals surface area contributed by atoms with E-state index in [1.165, 1.54) is 6.20 Å². The smallest absolute Gasteiger partial charge is 0.325 e. The van der Waals surface area contributed by atoms with E-state index in [9.17, 15) is 10.1 Å². The van der Waals surface area contributed by atoms with E-state index in [0.717, 1.165) is 45.6 Å². The van der Waals surface area contributed by atoms with Crippen molar-refractivity contribution in [1.29, 1.82) is 0 Å². The Balaban J connectivity index is 1.69. The molecule has 2 aliphatic rings. The summed E-state index contributed by atoms with van der Waals surface area (Å²) in [7, 11) is 0. The van der Waals surface area contributed by atoms with Gasteiger partial charge < -0.3 is 4.74 Å². The number of hydrogen-bond donors (Lipinski definition) is 0. The van der Waals surface area contributed by atoms with E-state index in [1.807, 2.05) is 0 Å². The summed E-state index contributed by atoms with van der Waals surface area (Å²) in [6.45, 7) is 3.50. The normalized spacial score (nSPS) is 27.9. The molecule has 0 bridgehead atoms. The molecule has 1 aromatic rings. The highest BCUT2D eigenvalue weighted by Gasteiger charge is 2.33. The van der Waals surface area contributed by atoms with Gasteiger partial charge in [0.25, 0.3) is 0 Å². The van der Waals surface area contributed by atoms with Gasteiger partial charge in [-0.05, 0) is 19.3 Å². The minimum absolute atomic E-state index is 0.110. The molecule has 1 saturated carbocycles. The van der Waals surface area contributed by atoms with E-state index in [4.69, 9.17) is 16.3 Å². The fraction of sp³-hybridized carbons (Fsp3) is 0.750. The molecule has 110 valence electrons. The standard InChI is InChI=1S/C12H17ClN4O3/c13-12-11(17(18)19)8-14-16(12)10-2-1-9(7-10)15-3-5-20-6-4-15/h8-10H,1-7H2. The van der Waals surface area contributed by atoms with Crippen LogP contribution in [-0.4, -0.2) is 51.9 Å². The Labute approximate surface area is 121 Å². The summed E-state index contributed by atoms with van der Waals surface area (Å²) in [4.78, 5) is 12.8. The largest absolute Gasteiger partial charge is 0.379 e. The van der Waals surface area contributed by atoms with Gasteiger partial charge in [-0.1, -0.05) is 11.6 Å². The fourth-order valence-electron chi connectivity index (χ4n) is 3.15. The third kappa shape index (κ3) is 2.53. The summed E-state index contributed by atoms with van der Waals surface area (Å²) < 4.78 is 6.98. The molecule has 0 N–H and O–H groups in total. The summed E-state index contributed by atoms with van der Waals surface area (Å²) in [6, 6.07) is 0.660. The van der Waals surface area contributed by atoms with E-state index in [2.05, 4.69) is 10.00 Å². The van der Waals surface area contributed by atoms with Gasteiger partial charge in [0, 0.05) is 19.1 Å². The molecule has 2 unspecified atom stereocenters. The lowest BCUT2D eigenvalue weighted by Gasteiger charge is -2.32. The Kier molecular flexibility index (Phi) is 3.91. The van der Waals surface area contributed by atoms with Crippen molar-refractivity contribution >= 4 is 17.3 Å². The van der Waals surface area contributed by atoms with E-state index < -0.39 is 4.92 Å². The summed E-state index contributed by atoms with van der Waals surface area (Å²) in [5.41, 5.74) is -0.110. The zero-order valence-corrected chi connectivity index (χ0v) is 11.8. The van der Waals surface area contributed by atoms with Crippen molar-refractivity contribution in [3.63, 3.8) is 0 Å². The van der Waals surface area contributed by atoms with Crippen LogP contribution in [0.1, 0.15) is 25.3 Å². The second-order valence-electron chi connectivity index (χ2n) is 5.29. The van der Waals surface area contributed by atoms with Crippen LogP contribution in [0.4, 0.5) is 5.69 Å². The van der Waals surface area contributed by atoms with Crippen molar-refractivity contribution < 1.29 is 9.66 Å². The Morgan fingerprint density at radius 3 is 2.70 bits per heavy atom. The van der Waals surface area contributed by atoms with Gasteiger partial charge in [-0.15, -0.1) is 0 Å². The quantitative estimate of drug-likeness (QED) is 0.629. The molecule has 0 aromatic carbocycles. The number of ether oxygens (including phenoxy) is 1. The van der Waals surface area contributed by atoms with Crippen molar-refractivity contribution in [3.05, 3.63) is 21.5 Å². The van der Waals surface area contributed by atoms with E-state index in [1.54, 1.807) is 4.68 Å². The fourth-order valence-corrected chi connectivity index (χ4v) is 3.45. The topological polar surface area (TPSA) is 73.4 Å². The predicted molar refractivity (Wildman–Crippen MR) is 73.0 cm³/mol. The zero-order valence-electron chi connectivity index (χ0n) is 11.1. The number of nitro groups is 1. The van der Waals surface area contributed by atoms with Crippen LogP contribution >= 0.6 is 11.6 Å². The lowest BCUT2D eigenvalue weighted by Crippen LogP contribution is -2.42. The molecule has 2 fully saturated rings. The van der Waals surface area contributed by atoms with Crippen molar-refractivity contribution in [2.45, 2.75) is 31.3 Å². The molecule has 0 amide bonds. The summed E-state index contributed by atoms with van der Waals surface area (Å²) in [5, 5.41) is 15.0. The van der Waals surface area contributed by atoms with Crippen LogP contribution in [0.5, 0.6) is 0 Å². The van der Waals surface area contributed by atoms with Crippen molar-refractivity contribution in [3.8, 4) is 0 Å². The first-order valence-corrected chi connectivity index (χ1v) is 7.24. The number of rotatable bonds is 3. The monoisotopic (exact) mass is 300 g/mol. The second-order valence-corrected chi connectivity index (χ2v) is 5.65. The molecule has 1 aliphatic heterocycles. The molecule has 0 spiro atoms. The minimum atomic E-state index is -0.486. The Hall–Kier alpha value is -1.18. The molecule has 1 aliphatic carbocycles. The number of hydrogen-bond acceptors (Lipinski definition) is 5. The average Bonchev–Trinajstić information content (AvgIpc) is 3.06. The Morgan fingerprint density at radius 2 is 2.05 bits per heavy atom. The molecule has 1 saturated heterocycles. The maximum absolute atomic E-state index is 10.8. The molecule has 3 rings (SSSR count). The maximum atomic E-state index is 10.8. The van der Waals surface area contributed by atoms with Gasteiger partial charge in [0.2, 0.25) is 5.15 Å². The molecule has 2 atom stereocenters. The first-order chi connectivity index (χ1) is 9.66. The molecule has 1 aromatic heterocycles. The van der Waals surface area contributed by atoms with E-state index in [-0.39, 0.29) is 16.9 Å². The molecule has 2 heterocycles. The van der Waals surface area contributed by atoms with Gasteiger partial charge >= 0.3 is 5.69 Å². The highest BCUT2D eigenvalue weighted by Crippen LogP contribution is 2.37. The summed E-state index contributed by atoms with van der Waals surface area (Å²) in [6.07, 6.45) is 4.22. The molecular formula is C12H17ClN4O3.